The maximum Gasteiger partial charge on any atom is 0.268 e. The number of benzene rings is 1. The topological polar surface area (TPSA) is 108 Å². The van der Waals surface area contributed by atoms with Gasteiger partial charge in [0.2, 0.25) is 0 Å². The number of nitrogen functional groups attached to an aromatic ring is 1. The van der Waals surface area contributed by atoms with Crippen molar-refractivity contribution in [3.8, 4) is 5.69 Å². The number of rotatable bonds is 2. The van der Waals surface area contributed by atoms with Gasteiger partial charge in [0.1, 0.15) is 5.56 Å². The Hall–Kier alpha value is -2.89. The molecule has 124 valence electrons. The normalized spacial score (nSPS) is 15.8. The van der Waals surface area contributed by atoms with Gasteiger partial charge in [-0.1, -0.05) is 26.0 Å². The highest BCUT2D eigenvalue weighted by Gasteiger charge is 2.35. The molecule has 2 aromatic rings. The number of carbonyl (C=O) groups is 2. The molecule has 6 nitrogen and oxygen atoms in total. The van der Waals surface area contributed by atoms with Gasteiger partial charge < -0.3 is 11.5 Å². The van der Waals surface area contributed by atoms with Crippen LogP contribution >= 0.6 is 0 Å². The van der Waals surface area contributed by atoms with Crippen LogP contribution in [0.1, 0.15) is 46.7 Å². The number of primary amides is 1. The Bertz CT molecular complexity index is 926. The molecular weight excluding hydrogens is 306 g/mol. The van der Waals surface area contributed by atoms with E-state index in [2.05, 4.69) is 0 Å². The highest BCUT2D eigenvalue weighted by atomic mass is 16.2. The first-order valence-electron chi connectivity index (χ1n) is 7.68. The van der Waals surface area contributed by atoms with Gasteiger partial charge in [-0.15, -0.1) is 0 Å². The molecule has 1 heterocycles. The minimum atomic E-state index is -0.858. The maximum atomic E-state index is 12.8. The third-order valence-electron chi connectivity index (χ3n) is 4.33. The molecule has 3 rings (SSSR count). The smallest absolute Gasteiger partial charge is 0.268 e. The van der Waals surface area contributed by atoms with Crippen molar-refractivity contribution in [1.82, 2.24) is 4.57 Å². The van der Waals surface area contributed by atoms with E-state index < -0.39 is 11.5 Å². The van der Waals surface area contributed by atoms with Crippen LogP contribution in [0, 0.1) is 5.41 Å². The lowest BCUT2D eigenvalue weighted by Gasteiger charge is -2.32. The summed E-state index contributed by atoms with van der Waals surface area (Å²) in [5.74, 6) is -0.962. The van der Waals surface area contributed by atoms with Gasteiger partial charge in [0.25, 0.3) is 11.5 Å². The number of anilines is 1. The van der Waals surface area contributed by atoms with Crippen LogP contribution in [0.15, 0.2) is 35.1 Å². The molecule has 4 N–H and O–H groups in total. The van der Waals surface area contributed by atoms with E-state index in [-0.39, 0.29) is 16.8 Å². The molecule has 0 spiro atoms. The summed E-state index contributed by atoms with van der Waals surface area (Å²) in [6.07, 6.45) is 0.872. The van der Waals surface area contributed by atoms with Crippen molar-refractivity contribution in [2.75, 3.05) is 5.73 Å². The van der Waals surface area contributed by atoms with E-state index in [9.17, 15) is 14.4 Å². The van der Waals surface area contributed by atoms with Gasteiger partial charge >= 0.3 is 0 Å². The van der Waals surface area contributed by atoms with Crippen molar-refractivity contribution in [3.05, 3.63) is 57.5 Å². The molecule has 24 heavy (non-hydrogen) atoms. The number of nitrogens with zero attached hydrogens (tertiary/aromatic N) is 1. The van der Waals surface area contributed by atoms with Crippen molar-refractivity contribution >= 4 is 17.4 Å². The third-order valence-corrected chi connectivity index (χ3v) is 4.33. The Morgan fingerprint density at radius 3 is 2.46 bits per heavy atom. The molecule has 0 saturated heterocycles. The molecule has 0 atom stereocenters. The highest BCUT2D eigenvalue weighted by Crippen LogP contribution is 2.35. The van der Waals surface area contributed by atoms with Crippen LogP contribution in [0.25, 0.3) is 5.69 Å². The molecule has 1 aromatic carbocycles. The van der Waals surface area contributed by atoms with Crippen LogP contribution in [0.3, 0.4) is 0 Å². The van der Waals surface area contributed by atoms with Crippen LogP contribution in [0.2, 0.25) is 0 Å². The molecule has 1 aliphatic rings. The Kier molecular flexibility index (Phi) is 3.55. The molecular formula is C18H19N3O3. The quantitative estimate of drug-likeness (QED) is 0.819. The van der Waals surface area contributed by atoms with Crippen molar-refractivity contribution in [1.29, 1.82) is 0 Å². The zero-order valence-electron chi connectivity index (χ0n) is 13.6. The van der Waals surface area contributed by atoms with E-state index in [1.807, 2.05) is 13.8 Å². The number of fused-ring (bicyclic) bond motifs is 1. The van der Waals surface area contributed by atoms with Gasteiger partial charge in [-0.2, -0.15) is 0 Å². The first-order valence-corrected chi connectivity index (χ1v) is 7.68. The SMILES string of the molecule is CC1(C)CC(=O)c2cc(C(N)=O)c(=O)n(-c3ccccc3N)c2C1. The second-order valence-electron chi connectivity index (χ2n) is 6.92. The van der Waals surface area contributed by atoms with Gasteiger partial charge in [0.15, 0.2) is 5.78 Å². The fourth-order valence-electron chi connectivity index (χ4n) is 3.24. The minimum absolute atomic E-state index is 0.105. The zero-order chi connectivity index (χ0) is 17.6. The molecule has 1 aliphatic carbocycles. The molecule has 6 heteroatoms. The summed E-state index contributed by atoms with van der Waals surface area (Å²) in [5.41, 5.74) is 12.1. The van der Waals surface area contributed by atoms with Crippen LogP contribution in [0.5, 0.6) is 0 Å². The van der Waals surface area contributed by atoms with Gasteiger partial charge in [-0.25, -0.2) is 0 Å². The molecule has 0 bridgehead atoms. The number of ketones is 1. The monoisotopic (exact) mass is 325 g/mol. The van der Waals surface area contributed by atoms with Crippen molar-refractivity contribution in [3.63, 3.8) is 0 Å². The largest absolute Gasteiger partial charge is 0.397 e. The lowest BCUT2D eigenvalue weighted by molar-refractivity contribution is 0.0909. The summed E-state index contributed by atoms with van der Waals surface area (Å²) in [4.78, 5) is 37.1. The second-order valence-corrected chi connectivity index (χ2v) is 6.92. The predicted octanol–water partition coefficient (Wildman–Crippen LogP) is 1.67. The zero-order valence-corrected chi connectivity index (χ0v) is 13.6. The molecule has 1 aromatic heterocycles. The average Bonchev–Trinajstić information content (AvgIpc) is 2.46. The van der Waals surface area contributed by atoms with E-state index in [0.717, 1.165) is 0 Å². The van der Waals surface area contributed by atoms with E-state index in [1.165, 1.54) is 10.6 Å². The highest BCUT2D eigenvalue weighted by molar-refractivity contribution is 6.02. The standard InChI is InChI=1S/C18H19N3O3/c1-18(2)8-14-10(15(22)9-18)7-11(16(20)23)17(24)21(14)13-6-4-3-5-12(13)19/h3-7H,8-9,19H2,1-2H3,(H2,20,23). The van der Waals surface area contributed by atoms with Crippen LogP contribution in [-0.4, -0.2) is 16.3 Å². The fraction of sp³-hybridized carbons (Fsp3) is 0.278. The van der Waals surface area contributed by atoms with Gasteiger partial charge in [0, 0.05) is 17.7 Å². The van der Waals surface area contributed by atoms with E-state index >= 15 is 0 Å². The first kappa shape index (κ1) is 16.0. The van der Waals surface area contributed by atoms with E-state index in [1.54, 1.807) is 24.3 Å². The number of carbonyl (C=O) groups excluding carboxylic acids is 2. The van der Waals surface area contributed by atoms with Crippen LogP contribution < -0.4 is 17.0 Å². The molecule has 0 aliphatic heterocycles. The number of amides is 1. The molecule has 0 radical (unpaired) electrons. The lowest BCUT2D eigenvalue weighted by Crippen LogP contribution is -2.37. The summed E-state index contributed by atoms with van der Waals surface area (Å²) < 4.78 is 1.36. The Balaban J connectivity index is 2.43. The molecule has 0 unspecified atom stereocenters. The number of Topliss-reactive ketones (excluding diaryl/α,β-unsaturated/α-hetero) is 1. The average molecular weight is 325 g/mol. The fourth-order valence-corrected chi connectivity index (χ4v) is 3.24. The van der Waals surface area contributed by atoms with Gasteiger partial charge in [0.05, 0.1) is 11.4 Å². The summed E-state index contributed by atoms with van der Waals surface area (Å²) >= 11 is 0. The van der Waals surface area contributed by atoms with Crippen molar-refractivity contribution < 1.29 is 9.59 Å². The van der Waals surface area contributed by atoms with Crippen molar-refractivity contribution in [2.24, 2.45) is 11.1 Å². The van der Waals surface area contributed by atoms with Gasteiger partial charge in [-0.05, 0) is 30.0 Å². The second kappa shape index (κ2) is 5.33. The van der Waals surface area contributed by atoms with E-state index in [0.29, 0.717) is 35.5 Å². The Morgan fingerprint density at radius 1 is 1.17 bits per heavy atom. The number of hydrogen-bond acceptors (Lipinski definition) is 4. The number of nitrogens with two attached hydrogens (primary N) is 2. The molecule has 0 saturated carbocycles. The number of aromatic nitrogens is 1. The van der Waals surface area contributed by atoms with Crippen LogP contribution in [-0.2, 0) is 6.42 Å². The number of hydrogen-bond donors (Lipinski definition) is 2. The maximum absolute atomic E-state index is 12.8. The summed E-state index contributed by atoms with van der Waals surface area (Å²) in [7, 11) is 0. The molecule has 0 fully saturated rings. The number of pyridine rings is 1. The molecule has 1 amide bonds. The third kappa shape index (κ3) is 2.50. The Labute approximate surface area is 139 Å². The summed E-state index contributed by atoms with van der Waals surface area (Å²) in [6, 6.07) is 8.18. The van der Waals surface area contributed by atoms with Gasteiger partial charge in [-0.3, -0.25) is 19.0 Å². The minimum Gasteiger partial charge on any atom is -0.397 e. The van der Waals surface area contributed by atoms with Crippen LogP contribution in [0.4, 0.5) is 5.69 Å². The predicted molar refractivity (Wildman–Crippen MR) is 91.4 cm³/mol. The first-order chi connectivity index (χ1) is 11.2. The number of para-hydroxylation sites is 2. The summed E-state index contributed by atoms with van der Waals surface area (Å²) in [6.45, 7) is 3.94. The van der Waals surface area contributed by atoms with Crippen molar-refractivity contribution in [2.45, 2.75) is 26.7 Å². The summed E-state index contributed by atoms with van der Waals surface area (Å²) in [5, 5.41) is 0. The van der Waals surface area contributed by atoms with E-state index in [4.69, 9.17) is 11.5 Å². The lowest BCUT2D eigenvalue weighted by atomic mass is 9.75. The Morgan fingerprint density at radius 2 is 1.83 bits per heavy atom.